The van der Waals surface area contributed by atoms with E-state index in [-0.39, 0.29) is 24.1 Å². The molecule has 6 heteroatoms. The maximum Gasteiger partial charge on any atom is 0.314 e. The van der Waals surface area contributed by atoms with E-state index in [2.05, 4.69) is 0 Å². The van der Waals surface area contributed by atoms with Crippen molar-refractivity contribution in [3.8, 4) is 0 Å². The predicted molar refractivity (Wildman–Crippen MR) is 72.5 cm³/mol. The molecule has 0 spiro atoms. The fourth-order valence-electron chi connectivity index (χ4n) is 1.98. The third kappa shape index (κ3) is 4.15. The summed E-state index contributed by atoms with van der Waals surface area (Å²) in [6.07, 6.45) is 1.48. The molecule has 0 aliphatic heterocycles. The Kier molecular flexibility index (Phi) is 5.83. The molecule has 1 rings (SSSR count). The van der Waals surface area contributed by atoms with Gasteiger partial charge in [0, 0.05) is 18.1 Å². The number of aliphatic carboxylic acids is 1. The van der Waals surface area contributed by atoms with E-state index in [1.807, 2.05) is 6.92 Å². The van der Waals surface area contributed by atoms with Crippen LogP contribution in [0.2, 0.25) is 0 Å². The Morgan fingerprint density at radius 3 is 2.55 bits per heavy atom. The van der Waals surface area contributed by atoms with Crippen LogP contribution >= 0.6 is 0 Å². The lowest BCUT2D eigenvalue weighted by atomic mass is 9.93. The summed E-state index contributed by atoms with van der Waals surface area (Å²) in [5.41, 5.74) is 0.103. The molecule has 0 amide bonds. The Morgan fingerprint density at radius 1 is 1.35 bits per heavy atom. The van der Waals surface area contributed by atoms with E-state index < -0.39 is 22.6 Å². The van der Waals surface area contributed by atoms with Crippen molar-refractivity contribution in [3.05, 3.63) is 39.9 Å². The Hall–Kier alpha value is -2.24. The van der Waals surface area contributed by atoms with Crippen molar-refractivity contribution in [2.24, 2.45) is 5.92 Å². The normalized spacial score (nSPS) is 11.8. The lowest BCUT2D eigenvalue weighted by Gasteiger charge is -2.10. The maximum absolute atomic E-state index is 12.0. The molecular weight excluding hydrogens is 262 g/mol. The Balaban J connectivity index is 2.88. The van der Waals surface area contributed by atoms with Crippen LogP contribution in [0.1, 0.15) is 31.7 Å². The number of hydrogen-bond donors (Lipinski definition) is 1. The number of ketones is 1. The van der Waals surface area contributed by atoms with Crippen LogP contribution in [0.3, 0.4) is 0 Å². The average Bonchev–Trinajstić information content (AvgIpc) is 2.39. The number of carboxylic acids is 1. The summed E-state index contributed by atoms with van der Waals surface area (Å²) in [5, 5.41) is 19.9. The van der Waals surface area contributed by atoms with E-state index in [9.17, 15) is 19.7 Å². The number of Topliss-reactive ketones (excluding diaryl/α,β-unsaturated/α-hetero) is 1. The van der Waals surface area contributed by atoms with Crippen LogP contribution in [0.5, 0.6) is 0 Å². The second-order valence-corrected chi connectivity index (χ2v) is 4.56. The molecule has 1 aromatic carbocycles. The van der Waals surface area contributed by atoms with Crippen LogP contribution in [0.15, 0.2) is 24.3 Å². The minimum atomic E-state index is -1.16. The highest BCUT2D eigenvalue weighted by atomic mass is 16.6. The van der Waals surface area contributed by atoms with Gasteiger partial charge in [-0.25, -0.2) is 0 Å². The number of para-hydroxylation sites is 1. The van der Waals surface area contributed by atoms with Gasteiger partial charge in [0.25, 0.3) is 5.69 Å². The van der Waals surface area contributed by atoms with Crippen molar-refractivity contribution in [1.82, 2.24) is 0 Å². The van der Waals surface area contributed by atoms with Crippen LogP contribution in [0.25, 0.3) is 0 Å². The molecule has 20 heavy (non-hydrogen) atoms. The molecule has 1 N–H and O–H groups in total. The van der Waals surface area contributed by atoms with E-state index in [0.29, 0.717) is 6.42 Å². The smallest absolute Gasteiger partial charge is 0.314 e. The van der Waals surface area contributed by atoms with E-state index in [1.54, 1.807) is 6.07 Å². The van der Waals surface area contributed by atoms with E-state index in [4.69, 9.17) is 5.11 Å². The van der Waals surface area contributed by atoms with Gasteiger partial charge in [0.1, 0.15) is 5.92 Å². The number of rotatable bonds is 8. The van der Waals surface area contributed by atoms with Gasteiger partial charge < -0.3 is 5.11 Å². The highest BCUT2D eigenvalue weighted by molar-refractivity contribution is 5.99. The number of carboxylic acid groups (broad SMARTS) is 1. The summed E-state index contributed by atoms with van der Waals surface area (Å²) >= 11 is 0. The highest BCUT2D eigenvalue weighted by Gasteiger charge is 2.27. The molecule has 6 nitrogen and oxygen atoms in total. The molecule has 0 bridgehead atoms. The van der Waals surface area contributed by atoms with Crippen LogP contribution < -0.4 is 0 Å². The van der Waals surface area contributed by atoms with Crippen molar-refractivity contribution in [2.75, 3.05) is 0 Å². The van der Waals surface area contributed by atoms with Gasteiger partial charge in [-0.15, -0.1) is 0 Å². The van der Waals surface area contributed by atoms with Gasteiger partial charge in [-0.1, -0.05) is 38.0 Å². The van der Waals surface area contributed by atoms with Gasteiger partial charge in [-0.05, 0) is 6.42 Å². The summed E-state index contributed by atoms with van der Waals surface area (Å²) in [6.45, 7) is 1.91. The Bertz CT molecular complexity index is 512. The SMILES string of the molecule is CCCCC(C(=O)O)C(=O)Cc1ccccc1[N+](=O)[O-]. The molecule has 108 valence electrons. The highest BCUT2D eigenvalue weighted by Crippen LogP contribution is 2.21. The third-order valence-electron chi connectivity index (χ3n) is 3.09. The van der Waals surface area contributed by atoms with Crippen LogP contribution in [-0.4, -0.2) is 21.8 Å². The minimum Gasteiger partial charge on any atom is -0.481 e. The third-order valence-corrected chi connectivity index (χ3v) is 3.09. The first-order valence-corrected chi connectivity index (χ1v) is 6.45. The molecule has 1 unspecified atom stereocenters. The molecule has 0 saturated heterocycles. The minimum absolute atomic E-state index is 0.152. The zero-order valence-corrected chi connectivity index (χ0v) is 11.2. The van der Waals surface area contributed by atoms with Gasteiger partial charge in [0.2, 0.25) is 0 Å². The fraction of sp³-hybridized carbons (Fsp3) is 0.429. The van der Waals surface area contributed by atoms with Gasteiger partial charge in [-0.2, -0.15) is 0 Å². The first-order valence-electron chi connectivity index (χ1n) is 6.45. The van der Waals surface area contributed by atoms with Gasteiger partial charge in [-0.3, -0.25) is 19.7 Å². The van der Waals surface area contributed by atoms with Gasteiger partial charge in [0.05, 0.1) is 4.92 Å². The molecule has 0 fully saturated rings. The Labute approximate surface area is 116 Å². The molecule has 0 radical (unpaired) electrons. The summed E-state index contributed by atoms with van der Waals surface area (Å²) in [4.78, 5) is 33.4. The molecule has 0 aliphatic rings. The topological polar surface area (TPSA) is 97.5 Å². The predicted octanol–water partition coefficient (Wildman–Crippen LogP) is 2.60. The summed E-state index contributed by atoms with van der Waals surface area (Å²) in [6, 6.07) is 5.90. The van der Waals surface area contributed by atoms with E-state index in [1.165, 1.54) is 18.2 Å². The van der Waals surface area contributed by atoms with Crippen molar-refractivity contribution in [2.45, 2.75) is 32.6 Å². The number of nitro benzene ring substituents is 1. The van der Waals surface area contributed by atoms with Gasteiger partial charge >= 0.3 is 5.97 Å². The van der Waals surface area contributed by atoms with E-state index in [0.717, 1.165) is 6.42 Å². The van der Waals surface area contributed by atoms with Crippen molar-refractivity contribution >= 4 is 17.4 Å². The van der Waals surface area contributed by atoms with Crippen molar-refractivity contribution in [1.29, 1.82) is 0 Å². The summed E-state index contributed by atoms with van der Waals surface area (Å²) in [5.74, 6) is -2.74. The second kappa shape index (κ2) is 7.37. The standard InChI is InChI=1S/C14H17NO5/c1-2-3-7-11(14(17)18)13(16)9-10-6-4-5-8-12(10)15(19)20/h4-6,8,11H,2-3,7,9H2,1H3,(H,17,18). The largest absolute Gasteiger partial charge is 0.481 e. The number of carbonyl (C=O) groups is 2. The zero-order valence-electron chi connectivity index (χ0n) is 11.2. The lowest BCUT2D eigenvalue weighted by molar-refractivity contribution is -0.385. The van der Waals surface area contributed by atoms with Crippen LogP contribution in [0.4, 0.5) is 5.69 Å². The molecule has 0 aromatic heterocycles. The molecule has 0 heterocycles. The average molecular weight is 279 g/mol. The quantitative estimate of drug-likeness (QED) is 0.448. The van der Waals surface area contributed by atoms with Crippen LogP contribution in [0, 0.1) is 16.0 Å². The van der Waals surface area contributed by atoms with E-state index >= 15 is 0 Å². The van der Waals surface area contributed by atoms with Crippen molar-refractivity contribution < 1.29 is 19.6 Å². The number of hydrogen-bond acceptors (Lipinski definition) is 4. The number of carbonyl (C=O) groups excluding carboxylic acids is 1. The molecule has 1 atom stereocenters. The first kappa shape index (κ1) is 15.8. The molecular formula is C14H17NO5. The second-order valence-electron chi connectivity index (χ2n) is 4.56. The molecule has 0 aliphatic carbocycles. The fourth-order valence-corrected chi connectivity index (χ4v) is 1.98. The van der Waals surface area contributed by atoms with Gasteiger partial charge in [0.15, 0.2) is 5.78 Å². The number of nitro groups is 1. The number of unbranched alkanes of at least 4 members (excludes halogenated alkanes) is 1. The summed E-state index contributed by atoms with van der Waals surface area (Å²) < 4.78 is 0. The summed E-state index contributed by atoms with van der Waals surface area (Å²) in [7, 11) is 0. The van der Waals surface area contributed by atoms with Crippen molar-refractivity contribution in [3.63, 3.8) is 0 Å². The number of benzene rings is 1. The van der Waals surface area contributed by atoms with Crippen LogP contribution in [-0.2, 0) is 16.0 Å². The molecule has 0 saturated carbocycles. The first-order chi connectivity index (χ1) is 9.47. The maximum atomic E-state index is 12.0. The molecule has 1 aromatic rings. The Morgan fingerprint density at radius 2 is 2.00 bits per heavy atom. The number of nitrogens with zero attached hydrogens (tertiary/aromatic N) is 1. The zero-order chi connectivity index (χ0) is 15.1. The monoisotopic (exact) mass is 279 g/mol. The lowest BCUT2D eigenvalue weighted by Crippen LogP contribution is -2.25.